The first-order valence-electron chi connectivity index (χ1n) is 5.44. The second kappa shape index (κ2) is 5.28. The molecule has 1 atom stereocenters. The number of rotatable bonds is 4. The fraction of sp³-hybridized carbons (Fsp3) is 0.818. The van der Waals surface area contributed by atoms with Gasteiger partial charge in [-0.25, -0.2) is 0 Å². The van der Waals surface area contributed by atoms with Crippen LogP contribution in [0.5, 0.6) is 0 Å². The Bertz CT molecular complexity index is 165. The predicted molar refractivity (Wildman–Crippen MR) is 57.4 cm³/mol. The van der Waals surface area contributed by atoms with Gasteiger partial charge >= 0.3 is 0 Å². The van der Waals surface area contributed by atoms with Gasteiger partial charge in [0.05, 0.1) is 0 Å². The lowest BCUT2D eigenvalue weighted by Crippen LogP contribution is -2.42. The molecule has 1 fully saturated rings. The van der Waals surface area contributed by atoms with E-state index in [1.165, 1.54) is 45.2 Å². The highest BCUT2D eigenvalue weighted by Gasteiger charge is 2.22. The van der Waals surface area contributed by atoms with Crippen LogP contribution in [0, 0.1) is 0 Å². The zero-order valence-corrected chi connectivity index (χ0v) is 8.76. The van der Waals surface area contributed by atoms with Crippen molar-refractivity contribution in [3.05, 3.63) is 12.3 Å². The second-order valence-corrected chi connectivity index (χ2v) is 3.98. The van der Waals surface area contributed by atoms with Crippen molar-refractivity contribution in [1.29, 1.82) is 0 Å². The molecule has 0 radical (unpaired) electrons. The van der Waals surface area contributed by atoms with Gasteiger partial charge in [0.2, 0.25) is 0 Å². The van der Waals surface area contributed by atoms with E-state index >= 15 is 0 Å². The summed E-state index contributed by atoms with van der Waals surface area (Å²) in [6, 6.07) is 0.459. The molecule has 0 amide bonds. The Labute approximate surface area is 81.8 Å². The van der Waals surface area contributed by atoms with Crippen molar-refractivity contribution in [2.75, 3.05) is 13.1 Å². The van der Waals surface area contributed by atoms with Crippen molar-refractivity contribution in [1.82, 2.24) is 4.90 Å². The maximum absolute atomic E-state index is 5.79. The molecule has 2 N–H and O–H groups in total. The molecule has 1 aliphatic heterocycles. The van der Waals surface area contributed by atoms with E-state index in [1.54, 1.807) is 0 Å². The summed E-state index contributed by atoms with van der Waals surface area (Å²) in [6.45, 7) is 8.51. The molecule has 0 bridgehead atoms. The molecule has 0 saturated carbocycles. The summed E-state index contributed by atoms with van der Waals surface area (Å²) in [4.78, 5) is 2.50. The summed E-state index contributed by atoms with van der Waals surface area (Å²) in [6.07, 6.45) is 6.39. The molecule has 0 aromatic heterocycles. The van der Waals surface area contributed by atoms with Gasteiger partial charge in [0, 0.05) is 11.7 Å². The molecule has 1 rings (SSSR count). The third-order valence-electron chi connectivity index (χ3n) is 2.84. The molecular weight excluding hydrogens is 160 g/mol. The molecule has 2 nitrogen and oxygen atoms in total. The molecule has 0 aromatic carbocycles. The number of piperidine rings is 1. The molecule has 0 spiro atoms. The molecule has 0 aromatic rings. The van der Waals surface area contributed by atoms with E-state index in [9.17, 15) is 0 Å². The SMILES string of the molecule is C=C(N)C1CCCCN1CCCC. The van der Waals surface area contributed by atoms with Gasteiger partial charge in [0.15, 0.2) is 0 Å². The summed E-state index contributed by atoms with van der Waals surface area (Å²) in [5, 5.41) is 0. The van der Waals surface area contributed by atoms with Crippen LogP contribution in [0.1, 0.15) is 39.0 Å². The first-order valence-corrected chi connectivity index (χ1v) is 5.44. The predicted octanol–water partition coefficient (Wildman–Crippen LogP) is 2.11. The number of nitrogens with zero attached hydrogens (tertiary/aromatic N) is 1. The first-order chi connectivity index (χ1) is 6.25. The Hall–Kier alpha value is -0.500. The third-order valence-corrected chi connectivity index (χ3v) is 2.84. The lowest BCUT2D eigenvalue weighted by molar-refractivity contribution is 0.169. The Morgan fingerprint density at radius 1 is 1.54 bits per heavy atom. The van der Waals surface area contributed by atoms with Crippen LogP contribution in [0.4, 0.5) is 0 Å². The van der Waals surface area contributed by atoms with Crippen molar-refractivity contribution in [2.24, 2.45) is 5.73 Å². The summed E-state index contributed by atoms with van der Waals surface area (Å²) in [7, 11) is 0. The van der Waals surface area contributed by atoms with Crippen LogP contribution in [0.3, 0.4) is 0 Å². The minimum atomic E-state index is 0.459. The van der Waals surface area contributed by atoms with E-state index < -0.39 is 0 Å². The van der Waals surface area contributed by atoms with Gasteiger partial charge in [-0.05, 0) is 32.4 Å². The standard InChI is InChI=1S/C11H22N2/c1-3-4-8-13-9-6-5-7-11(13)10(2)12/h11H,2-9,12H2,1H3. The number of hydrogen-bond donors (Lipinski definition) is 1. The van der Waals surface area contributed by atoms with Crippen molar-refractivity contribution in [3.63, 3.8) is 0 Å². The molecule has 1 saturated heterocycles. The molecular formula is C11H22N2. The summed E-state index contributed by atoms with van der Waals surface area (Å²) >= 11 is 0. The molecule has 2 heteroatoms. The lowest BCUT2D eigenvalue weighted by Gasteiger charge is -2.35. The van der Waals surface area contributed by atoms with Crippen LogP contribution in [0.2, 0.25) is 0 Å². The van der Waals surface area contributed by atoms with E-state index in [4.69, 9.17) is 5.73 Å². The van der Waals surface area contributed by atoms with Crippen molar-refractivity contribution < 1.29 is 0 Å². The van der Waals surface area contributed by atoms with E-state index in [2.05, 4.69) is 18.4 Å². The van der Waals surface area contributed by atoms with Crippen LogP contribution < -0.4 is 5.73 Å². The lowest BCUT2D eigenvalue weighted by atomic mass is 10.00. The molecule has 1 aliphatic rings. The largest absolute Gasteiger partial charge is 0.401 e. The van der Waals surface area contributed by atoms with Crippen LogP contribution in [0.15, 0.2) is 12.3 Å². The van der Waals surface area contributed by atoms with Crippen LogP contribution in [-0.2, 0) is 0 Å². The normalized spacial score (nSPS) is 24.5. The van der Waals surface area contributed by atoms with Crippen molar-refractivity contribution >= 4 is 0 Å². The fourth-order valence-electron chi connectivity index (χ4n) is 2.04. The van der Waals surface area contributed by atoms with Gasteiger partial charge < -0.3 is 5.73 Å². The van der Waals surface area contributed by atoms with Gasteiger partial charge in [-0.2, -0.15) is 0 Å². The minimum absolute atomic E-state index is 0.459. The topological polar surface area (TPSA) is 29.3 Å². The van der Waals surface area contributed by atoms with E-state index in [-0.39, 0.29) is 0 Å². The summed E-state index contributed by atoms with van der Waals surface area (Å²) in [5.74, 6) is 0. The Kier molecular flexibility index (Phi) is 4.29. The maximum atomic E-state index is 5.79. The first kappa shape index (κ1) is 10.6. The number of likely N-dealkylation sites (tertiary alicyclic amines) is 1. The van der Waals surface area contributed by atoms with Crippen LogP contribution >= 0.6 is 0 Å². The Morgan fingerprint density at radius 3 is 2.92 bits per heavy atom. The molecule has 1 unspecified atom stereocenters. The summed E-state index contributed by atoms with van der Waals surface area (Å²) in [5.41, 5.74) is 6.65. The number of unbranched alkanes of at least 4 members (excludes halogenated alkanes) is 1. The third kappa shape index (κ3) is 3.03. The number of hydrogen-bond acceptors (Lipinski definition) is 2. The maximum Gasteiger partial charge on any atom is 0.0486 e. The van der Waals surface area contributed by atoms with Crippen molar-refractivity contribution in [3.8, 4) is 0 Å². The molecule has 76 valence electrons. The smallest absolute Gasteiger partial charge is 0.0486 e. The second-order valence-electron chi connectivity index (χ2n) is 3.98. The van der Waals surface area contributed by atoms with E-state index in [0.29, 0.717) is 6.04 Å². The van der Waals surface area contributed by atoms with Gasteiger partial charge in [-0.1, -0.05) is 26.3 Å². The molecule has 0 aliphatic carbocycles. The molecule has 13 heavy (non-hydrogen) atoms. The summed E-state index contributed by atoms with van der Waals surface area (Å²) < 4.78 is 0. The van der Waals surface area contributed by atoms with Gasteiger partial charge in [0.1, 0.15) is 0 Å². The minimum Gasteiger partial charge on any atom is -0.401 e. The van der Waals surface area contributed by atoms with Gasteiger partial charge in [-0.3, -0.25) is 4.90 Å². The van der Waals surface area contributed by atoms with Crippen molar-refractivity contribution in [2.45, 2.75) is 45.1 Å². The quantitative estimate of drug-likeness (QED) is 0.721. The zero-order chi connectivity index (χ0) is 9.68. The van der Waals surface area contributed by atoms with Gasteiger partial charge in [0.25, 0.3) is 0 Å². The average Bonchev–Trinajstić information content (AvgIpc) is 2.15. The van der Waals surface area contributed by atoms with Gasteiger partial charge in [-0.15, -0.1) is 0 Å². The zero-order valence-electron chi connectivity index (χ0n) is 8.76. The molecule has 1 heterocycles. The van der Waals surface area contributed by atoms with E-state index in [1.807, 2.05) is 0 Å². The van der Waals surface area contributed by atoms with Crippen LogP contribution in [-0.4, -0.2) is 24.0 Å². The Morgan fingerprint density at radius 2 is 2.31 bits per heavy atom. The van der Waals surface area contributed by atoms with Crippen LogP contribution in [0.25, 0.3) is 0 Å². The average molecular weight is 182 g/mol. The van der Waals surface area contributed by atoms with E-state index in [0.717, 1.165) is 5.70 Å². The monoisotopic (exact) mass is 182 g/mol. The highest BCUT2D eigenvalue weighted by molar-refractivity contribution is 5.02. The Balaban J connectivity index is 2.41. The fourth-order valence-corrected chi connectivity index (χ4v) is 2.04. The highest BCUT2D eigenvalue weighted by atomic mass is 15.2. The highest BCUT2D eigenvalue weighted by Crippen LogP contribution is 2.20. The number of nitrogens with two attached hydrogens (primary N) is 1.